The normalized spacial score (nSPS) is 17.6. The van der Waals surface area contributed by atoms with Crippen LogP contribution in [0, 0.1) is 0 Å². The molecule has 0 atom stereocenters. The minimum absolute atomic E-state index is 0.120. The Labute approximate surface area is 120 Å². The molecule has 108 valence electrons. The van der Waals surface area contributed by atoms with Gasteiger partial charge >= 0.3 is 6.03 Å². The molecule has 1 saturated heterocycles. The lowest BCUT2D eigenvalue weighted by atomic mass is 9.87. The maximum Gasteiger partial charge on any atom is 0.347 e. The number of anilines is 1. The van der Waals surface area contributed by atoms with Crippen molar-refractivity contribution in [1.82, 2.24) is 4.90 Å². The SMILES string of the molecule is CN1CCC/C1=N\C(=O)Nc1ccc(C(C)(C)C)cc1. The lowest BCUT2D eigenvalue weighted by Crippen LogP contribution is -2.21. The van der Waals surface area contributed by atoms with Crippen LogP contribution in [-0.4, -0.2) is 30.4 Å². The summed E-state index contributed by atoms with van der Waals surface area (Å²) in [7, 11) is 1.97. The van der Waals surface area contributed by atoms with E-state index in [0.29, 0.717) is 0 Å². The molecule has 1 aromatic rings. The molecule has 0 radical (unpaired) electrons. The standard InChI is InChI=1S/C16H23N3O/c1-16(2,3)12-7-9-13(10-8-12)17-15(20)18-14-6-5-11-19(14)4/h7-10H,5-6,11H2,1-4H3,(H,17,20)/b18-14+. The zero-order valence-electron chi connectivity index (χ0n) is 12.7. The monoisotopic (exact) mass is 273 g/mol. The number of hydrogen-bond donors (Lipinski definition) is 1. The Bertz CT molecular complexity index is 512. The van der Waals surface area contributed by atoms with Crippen molar-refractivity contribution in [3.63, 3.8) is 0 Å². The average Bonchev–Trinajstić information content (AvgIpc) is 2.74. The molecule has 0 spiro atoms. The number of amidine groups is 1. The minimum Gasteiger partial charge on any atom is -0.363 e. The van der Waals surface area contributed by atoms with Crippen molar-refractivity contribution in [3.8, 4) is 0 Å². The quantitative estimate of drug-likeness (QED) is 0.849. The second kappa shape index (κ2) is 5.65. The van der Waals surface area contributed by atoms with Gasteiger partial charge in [-0.05, 0) is 29.5 Å². The van der Waals surface area contributed by atoms with Gasteiger partial charge in [0, 0.05) is 25.7 Å². The number of aliphatic imine (C=N–C) groups is 1. The lowest BCUT2D eigenvalue weighted by molar-refractivity contribution is 0.259. The molecule has 1 fully saturated rings. The second-order valence-corrected chi connectivity index (χ2v) is 6.31. The number of benzene rings is 1. The Kier molecular flexibility index (Phi) is 4.12. The van der Waals surface area contributed by atoms with Gasteiger partial charge in [-0.3, -0.25) is 0 Å². The van der Waals surface area contributed by atoms with Crippen molar-refractivity contribution in [1.29, 1.82) is 0 Å². The van der Waals surface area contributed by atoms with E-state index < -0.39 is 0 Å². The highest BCUT2D eigenvalue weighted by Crippen LogP contribution is 2.23. The van der Waals surface area contributed by atoms with Crippen LogP contribution in [0.3, 0.4) is 0 Å². The highest BCUT2D eigenvalue weighted by atomic mass is 16.2. The molecule has 1 N–H and O–H groups in total. The molecule has 1 aliphatic heterocycles. The minimum atomic E-state index is -0.294. The van der Waals surface area contributed by atoms with Gasteiger partial charge in [0.05, 0.1) is 0 Å². The Hall–Kier alpha value is -1.84. The first-order valence-electron chi connectivity index (χ1n) is 7.06. The van der Waals surface area contributed by atoms with E-state index in [1.165, 1.54) is 5.56 Å². The van der Waals surface area contributed by atoms with Crippen molar-refractivity contribution >= 4 is 17.6 Å². The molecule has 2 rings (SSSR count). The van der Waals surface area contributed by atoms with Crippen molar-refractivity contribution in [2.75, 3.05) is 18.9 Å². The van der Waals surface area contributed by atoms with Crippen LogP contribution in [-0.2, 0) is 5.41 Å². The third kappa shape index (κ3) is 3.59. The number of amides is 2. The number of carbonyl (C=O) groups is 1. The van der Waals surface area contributed by atoms with Crippen molar-refractivity contribution in [2.24, 2.45) is 4.99 Å². The molecule has 1 heterocycles. The predicted molar refractivity (Wildman–Crippen MR) is 83.5 cm³/mol. The summed E-state index contributed by atoms with van der Waals surface area (Å²) in [5.74, 6) is 0.869. The zero-order valence-corrected chi connectivity index (χ0v) is 12.7. The third-order valence-corrected chi connectivity index (χ3v) is 3.57. The number of urea groups is 1. The van der Waals surface area contributed by atoms with Crippen LogP contribution >= 0.6 is 0 Å². The smallest absolute Gasteiger partial charge is 0.347 e. The van der Waals surface area contributed by atoms with Gasteiger partial charge in [-0.2, -0.15) is 4.99 Å². The topological polar surface area (TPSA) is 44.7 Å². The summed E-state index contributed by atoms with van der Waals surface area (Å²) in [6, 6.07) is 7.65. The van der Waals surface area contributed by atoms with Crippen LogP contribution in [0.1, 0.15) is 39.2 Å². The van der Waals surface area contributed by atoms with Gasteiger partial charge in [0.15, 0.2) is 0 Å². The largest absolute Gasteiger partial charge is 0.363 e. The van der Waals surface area contributed by atoms with Crippen molar-refractivity contribution in [3.05, 3.63) is 29.8 Å². The number of nitrogens with zero attached hydrogens (tertiary/aromatic N) is 2. The van der Waals surface area contributed by atoms with Crippen LogP contribution in [0.4, 0.5) is 10.5 Å². The third-order valence-electron chi connectivity index (χ3n) is 3.57. The molecular formula is C16H23N3O. The number of likely N-dealkylation sites (tertiary alicyclic amines) is 1. The van der Waals surface area contributed by atoms with Gasteiger partial charge in [-0.1, -0.05) is 32.9 Å². The number of carbonyl (C=O) groups excluding carboxylic acids is 1. The Morgan fingerprint density at radius 1 is 1.25 bits per heavy atom. The highest BCUT2D eigenvalue weighted by Gasteiger charge is 2.16. The predicted octanol–water partition coefficient (Wildman–Crippen LogP) is 3.64. The molecule has 20 heavy (non-hydrogen) atoms. The molecule has 0 aliphatic carbocycles. The average molecular weight is 273 g/mol. The molecule has 2 amide bonds. The van der Waals surface area contributed by atoms with E-state index in [2.05, 4.69) is 31.1 Å². The summed E-state index contributed by atoms with van der Waals surface area (Å²) >= 11 is 0. The van der Waals surface area contributed by atoms with Gasteiger partial charge in [0.25, 0.3) is 0 Å². The first-order chi connectivity index (χ1) is 9.36. The molecule has 1 aromatic carbocycles. The summed E-state index contributed by atoms with van der Waals surface area (Å²) < 4.78 is 0. The fourth-order valence-corrected chi connectivity index (χ4v) is 2.26. The van der Waals surface area contributed by atoms with E-state index >= 15 is 0 Å². The molecule has 0 aromatic heterocycles. The number of nitrogens with one attached hydrogen (secondary N) is 1. The van der Waals surface area contributed by atoms with E-state index in [1.54, 1.807) is 0 Å². The molecule has 1 aliphatic rings. The maximum atomic E-state index is 11.9. The molecule has 4 heteroatoms. The second-order valence-electron chi connectivity index (χ2n) is 6.31. The van der Waals surface area contributed by atoms with Crippen molar-refractivity contribution < 1.29 is 4.79 Å². The Morgan fingerprint density at radius 3 is 2.40 bits per heavy atom. The summed E-state index contributed by atoms with van der Waals surface area (Å²) in [5.41, 5.74) is 2.15. The van der Waals surface area contributed by atoms with E-state index in [-0.39, 0.29) is 11.4 Å². The molecular weight excluding hydrogens is 250 g/mol. The van der Waals surface area contributed by atoms with Crippen LogP contribution in [0.25, 0.3) is 0 Å². The summed E-state index contributed by atoms with van der Waals surface area (Å²) in [4.78, 5) is 18.0. The summed E-state index contributed by atoms with van der Waals surface area (Å²) in [5, 5.41) is 2.81. The number of hydrogen-bond acceptors (Lipinski definition) is 1. The number of rotatable bonds is 1. The van der Waals surface area contributed by atoms with E-state index in [9.17, 15) is 4.79 Å². The van der Waals surface area contributed by atoms with E-state index in [1.807, 2.05) is 36.2 Å². The molecule has 4 nitrogen and oxygen atoms in total. The van der Waals surface area contributed by atoms with Gasteiger partial charge in [-0.15, -0.1) is 0 Å². The summed E-state index contributed by atoms with van der Waals surface area (Å²) in [6.07, 6.45) is 1.95. The summed E-state index contributed by atoms with van der Waals surface area (Å²) in [6.45, 7) is 7.49. The van der Waals surface area contributed by atoms with Crippen LogP contribution in [0.5, 0.6) is 0 Å². The van der Waals surface area contributed by atoms with Crippen LogP contribution < -0.4 is 5.32 Å². The van der Waals surface area contributed by atoms with Crippen molar-refractivity contribution in [2.45, 2.75) is 39.0 Å². The lowest BCUT2D eigenvalue weighted by Gasteiger charge is -2.19. The molecule has 0 bridgehead atoms. The van der Waals surface area contributed by atoms with Crippen LogP contribution in [0.15, 0.2) is 29.3 Å². The first kappa shape index (κ1) is 14.6. The molecule has 0 unspecified atom stereocenters. The fourth-order valence-electron chi connectivity index (χ4n) is 2.26. The Morgan fingerprint density at radius 2 is 1.90 bits per heavy atom. The molecule has 0 saturated carbocycles. The van der Waals surface area contributed by atoms with Gasteiger partial charge in [-0.25, -0.2) is 4.79 Å². The van der Waals surface area contributed by atoms with Gasteiger partial charge in [0.2, 0.25) is 0 Å². The highest BCUT2D eigenvalue weighted by molar-refractivity contribution is 6.00. The Balaban J connectivity index is 2.01. The van der Waals surface area contributed by atoms with E-state index in [0.717, 1.165) is 30.9 Å². The zero-order chi connectivity index (χ0) is 14.8. The van der Waals surface area contributed by atoms with Gasteiger partial charge < -0.3 is 10.2 Å². The van der Waals surface area contributed by atoms with E-state index in [4.69, 9.17) is 0 Å². The fraction of sp³-hybridized carbons (Fsp3) is 0.500. The first-order valence-corrected chi connectivity index (χ1v) is 7.06. The van der Waals surface area contributed by atoms with Crippen LogP contribution in [0.2, 0.25) is 0 Å². The maximum absolute atomic E-state index is 11.9. The van der Waals surface area contributed by atoms with Gasteiger partial charge in [0.1, 0.15) is 5.84 Å².